The lowest BCUT2D eigenvalue weighted by molar-refractivity contribution is -0.122. The lowest BCUT2D eigenvalue weighted by atomic mass is 10.4. The number of aliphatic hydroxyl groups is 1. The minimum atomic E-state index is -0.657. The standard InChI is InChI=1S/C9H13N3O4/c1-6(13)4-10-8(15)5-12-9(16)3-2-7(14)11-12/h2-3,6,13H,4-5H2,1H3,(H,10,15)(H,11,14). The summed E-state index contributed by atoms with van der Waals surface area (Å²) in [5.41, 5.74) is -0.922. The van der Waals surface area contributed by atoms with Gasteiger partial charge in [-0.2, -0.15) is 0 Å². The lowest BCUT2D eigenvalue weighted by Crippen LogP contribution is -2.38. The lowest BCUT2D eigenvalue weighted by Gasteiger charge is -2.07. The van der Waals surface area contributed by atoms with E-state index in [-0.39, 0.29) is 13.1 Å². The molecule has 88 valence electrons. The van der Waals surface area contributed by atoms with E-state index in [4.69, 9.17) is 5.11 Å². The fourth-order valence-corrected chi connectivity index (χ4v) is 1.04. The van der Waals surface area contributed by atoms with Gasteiger partial charge in [0.05, 0.1) is 6.10 Å². The van der Waals surface area contributed by atoms with Gasteiger partial charge in [-0.25, -0.2) is 4.68 Å². The summed E-state index contributed by atoms with van der Waals surface area (Å²) in [6.45, 7) is 1.35. The Morgan fingerprint density at radius 2 is 2.25 bits per heavy atom. The second-order valence-corrected chi connectivity index (χ2v) is 3.39. The van der Waals surface area contributed by atoms with E-state index in [1.807, 2.05) is 0 Å². The molecule has 16 heavy (non-hydrogen) atoms. The van der Waals surface area contributed by atoms with E-state index in [2.05, 4.69) is 10.4 Å². The van der Waals surface area contributed by atoms with Crippen molar-refractivity contribution in [1.29, 1.82) is 0 Å². The summed E-state index contributed by atoms with van der Waals surface area (Å²) in [5.74, 6) is -0.454. The van der Waals surface area contributed by atoms with Crippen LogP contribution in [0.5, 0.6) is 0 Å². The molecule has 0 aliphatic heterocycles. The van der Waals surface area contributed by atoms with E-state index in [1.165, 1.54) is 6.92 Å². The van der Waals surface area contributed by atoms with E-state index >= 15 is 0 Å². The number of nitrogens with zero attached hydrogens (tertiary/aromatic N) is 1. The van der Waals surface area contributed by atoms with Crippen LogP contribution >= 0.6 is 0 Å². The number of aromatic nitrogens is 2. The Bertz CT molecular complexity index is 474. The highest BCUT2D eigenvalue weighted by atomic mass is 16.3. The maximum atomic E-state index is 11.3. The van der Waals surface area contributed by atoms with Crippen molar-refractivity contribution in [3.8, 4) is 0 Å². The summed E-state index contributed by atoms with van der Waals surface area (Å²) >= 11 is 0. The van der Waals surface area contributed by atoms with Crippen molar-refractivity contribution in [1.82, 2.24) is 15.1 Å². The minimum Gasteiger partial charge on any atom is -0.392 e. The number of rotatable bonds is 4. The molecule has 3 N–H and O–H groups in total. The molecule has 0 saturated carbocycles. The highest BCUT2D eigenvalue weighted by molar-refractivity contribution is 5.75. The van der Waals surface area contributed by atoms with E-state index < -0.39 is 23.1 Å². The molecule has 7 heteroatoms. The van der Waals surface area contributed by atoms with Crippen LogP contribution in [0.3, 0.4) is 0 Å². The monoisotopic (exact) mass is 227 g/mol. The van der Waals surface area contributed by atoms with Crippen molar-refractivity contribution in [3.05, 3.63) is 32.8 Å². The number of aliphatic hydroxyl groups excluding tert-OH is 1. The van der Waals surface area contributed by atoms with Gasteiger partial charge in [-0.1, -0.05) is 0 Å². The molecule has 1 rings (SSSR count). The summed E-state index contributed by atoms with van der Waals surface area (Å²) in [4.78, 5) is 33.4. The summed E-state index contributed by atoms with van der Waals surface area (Å²) in [5, 5.41) is 13.6. The average Bonchev–Trinajstić information content (AvgIpc) is 2.20. The Morgan fingerprint density at radius 3 is 2.88 bits per heavy atom. The van der Waals surface area contributed by atoms with Crippen LogP contribution in [0.2, 0.25) is 0 Å². The average molecular weight is 227 g/mol. The Hall–Kier alpha value is -1.89. The highest BCUT2D eigenvalue weighted by Crippen LogP contribution is 1.78. The molecule has 1 amide bonds. The Labute approximate surface area is 90.7 Å². The zero-order valence-corrected chi connectivity index (χ0v) is 8.77. The molecule has 0 aromatic carbocycles. The summed E-state index contributed by atoms with van der Waals surface area (Å²) in [6, 6.07) is 2.17. The molecular formula is C9H13N3O4. The third-order valence-electron chi connectivity index (χ3n) is 1.78. The third-order valence-corrected chi connectivity index (χ3v) is 1.78. The first-order chi connectivity index (χ1) is 7.49. The van der Waals surface area contributed by atoms with Crippen LogP contribution < -0.4 is 16.4 Å². The molecule has 1 unspecified atom stereocenters. The van der Waals surface area contributed by atoms with E-state index in [9.17, 15) is 14.4 Å². The van der Waals surface area contributed by atoms with Gasteiger partial charge in [0.25, 0.3) is 11.1 Å². The fraction of sp³-hybridized carbons (Fsp3) is 0.444. The summed E-state index contributed by atoms with van der Waals surface area (Å²) < 4.78 is 0.902. The SMILES string of the molecule is CC(O)CNC(=O)Cn1[nH]c(=O)ccc1=O. The molecule has 0 fully saturated rings. The number of carbonyl (C=O) groups is 1. The smallest absolute Gasteiger partial charge is 0.265 e. The fourth-order valence-electron chi connectivity index (χ4n) is 1.04. The zero-order chi connectivity index (χ0) is 12.1. The molecule has 1 heterocycles. The van der Waals surface area contributed by atoms with Gasteiger partial charge in [-0.05, 0) is 6.92 Å². The van der Waals surface area contributed by atoms with Crippen LogP contribution in [0.4, 0.5) is 0 Å². The van der Waals surface area contributed by atoms with Gasteiger partial charge in [-0.15, -0.1) is 0 Å². The molecular weight excluding hydrogens is 214 g/mol. The van der Waals surface area contributed by atoms with Gasteiger partial charge < -0.3 is 10.4 Å². The van der Waals surface area contributed by atoms with E-state index in [0.29, 0.717) is 0 Å². The largest absolute Gasteiger partial charge is 0.392 e. The van der Waals surface area contributed by atoms with Crippen molar-refractivity contribution in [2.45, 2.75) is 19.6 Å². The normalized spacial score (nSPS) is 12.1. The molecule has 0 aliphatic rings. The van der Waals surface area contributed by atoms with Crippen LogP contribution in [0.15, 0.2) is 21.7 Å². The van der Waals surface area contributed by atoms with Crippen LogP contribution in [-0.2, 0) is 11.3 Å². The predicted octanol–water partition coefficient (Wildman–Crippen LogP) is -1.97. The van der Waals surface area contributed by atoms with Crippen molar-refractivity contribution in [2.24, 2.45) is 0 Å². The number of nitrogens with one attached hydrogen (secondary N) is 2. The molecule has 1 aromatic heterocycles. The van der Waals surface area contributed by atoms with Gasteiger partial charge >= 0.3 is 0 Å². The number of amides is 1. The maximum Gasteiger partial charge on any atom is 0.265 e. The van der Waals surface area contributed by atoms with Crippen LogP contribution in [0.1, 0.15) is 6.92 Å². The highest BCUT2D eigenvalue weighted by Gasteiger charge is 2.05. The van der Waals surface area contributed by atoms with Gasteiger partial charge in [-0.3, -0.25) is 19.5 Å². The number of carbonyl (C=O) groups excluding carboxylic acids is 1. The van der Waals surface area contributed by atoms with Crippen molar-refractivity contribution in [2.75, 3.05) is 6.54 Å². The quantitative estimate of drug-likeness (QED) is 0.555. The Kier molecular flexibility index (Phi) is 4.01. The minimum absolute atomic E-state index is 0.102. The Balaban J connectivity index is 2.66. The first kappa shape index (κ1) is 12.2. The van der Waals surface area contributed by atoms with Gasteiger partial charge in [0.1, 0.15) is 6.54 Å². The van der Waals surface area contributed by atoms with E-state index in [0.717, 1.165) is 16.8 Å². The molecule has 0 saturated heterocycles. The van der Waals surface area contributed by atoms with Crippen molar-refractivity contribution < 1.29 is 9.90 Å². The van der Waals surface area contributed by atoms with Crippen molar-refractivity contribution >= 4 is 5.91 Å². The molecule has 0 bridgehead atoms. The second-order valence-electron chi connectivity index (χ2n) is 3.39. The molecule has 0 aliphatic carbocycles. The van der Waals surface area contributed by atoms with Crippen molar-refractivity contribution in [3.63, 3.8) is 0 Å². The summed E-state index contributed by atoms with van der Waals surface area (Å²) in [7, 11) is 0. The van der Waals surface area contributed by atoms with Crippen LogP contribution in [-0.4, -0.2) is 33.4 Å². The molecule has 0 spiro atoms. The Morgan fingerprint density at radius 1 is 1.56 bits per heavy atom. The third kappa shape index (κ3) is 3.70. The first-order valence-electron chi connectivity index (χ1n) is 4.74. The van der Waals surface area contributed by atoms with Gasteiger partial charge in [0, 0.05) is 18.7 Å². The number of aromatic amines is 1. The molecule has 1 aromatic rings. The van der Waals surface area contributed by atoms with E-state index in [1.54, 1.807) is 0 Å². The van der Waals surface area contributed by atoms with Gasteiger partial charge in [0.15, 0.2) is 0 Å². The van der Waals surface area contributed by atoms with Crippen LogP contribution in [0.25, 0.3) is 0 Å². The molecule has 1 atom stereocenters. The maximum absolute atomic E-state index is 11.3. The molecule has 7 nitrogen and oxygen atoms in total. The summed E-state index contributed by atoms with van der Waals surface area (Å²) in [6.07, 6.45) is -0.657. The molecule has 0 radical (unpaired) electrons. The van der Waals surface area contributed by atoms with Crippen LogP contribution in [0, 0.1) is 0 Å². The number of H-pyrrole nitrogens is 1. The number of hydrogen-bond donors (Lipinski definition) is 3. The zero-order valence-electron chi connectivity index (χ0n) is 8.77. The number of hydrogen-bond acceptors (Lipinski definition) is 4. The topological polar surface area (TPSA) is 104 Å². The second kappa shape index (κ2) is 5.26. The van der Waals surface area contributed by atoms with Gasteiger partial charge in [0.2, 0.25) is 5.91 Å². The predicted molar refractivity (Wildman–Crippen MR) is 56.0 cm³/mol. The first-order valence-corrected chi connectivity index (χ1v) is 4.74.